The highest BCUT2D eigenvalue weighted by molar-refractivity contribution is 8.00. The van der Waals surface area contributed by atoms with Gasteiger partial charge in [-0.15, -0.1) is 0 Å². The molecule has 0 aliphatic heterocycles. The number of ketones is 1. The summed E-state index contributed by atoms with van der Waals surface area (Å²) in [5.74, 6) is 2.15. The van der Waals surface area contributed by atoms with Gasteiger partial charge in [0.2, 0.25) is 0 Å². The highest BCUT2D eigenvalue weighted by Crippen LogP contribution is 2.40. The standard InChI is InChI=1S/C14H26O2S/c1-10-5-6-12(13(16)9-10)14(3,4)17-8-7-11(2)15/h10-12,15H,5-9H2,1-4H3/t10-,11+,12-/m1/s1. The zero-order chi connectivity index (χ0) is 13.1. The lowest BCUT2D eigenvalue weighted by Gasteiger charge is -2.37. The second kappa shape index (κ2) is 6.24. The van der Waals surface area contributed by atoms with Crippen LogP contribution in [0.3, 0.4) is 0 Å². The molecule has 3 atom stereocenters. The molecule has 0 amide bonds. The highest BCUT2D eigenvalue weighted by atomic mass is 32.2. The Morgan fingerprint density at radius 1 is 1.47 bits per heavy atom. The van der Waals surface area contributed by atoms with Crippen LogP contribution in [0.1, 0.15) is 53.4 Å². The van der Waals surface area contributed by atoms with Crippen LogP contribution in [0.4, 0.5) is 0 Å². The fourth-order valence-electron chi connectivity index (χ4n) is 2.53. The van der Waals surface area contributed by atoms with Crippen LogP contribution in [0.25, 0.3) is 0 Å². The van der Waals surface area contributed by atoms with E-state index in [9.17, 15) is 9.90 Å². The van der Waals surface area contributed by atoms with E-state index in [1.54, 1.807) is 0 Å². The molecule has 0 heterocycles. The largest absolute Gasteiger partial charge is 0.393 e. The number of thioether (sulfide) groups is 1. The van der Waals surface area contributed by atoms with Gasteiger partial charge in [-0.1, -0.05) is 6.92 Å². The molecule has 1 rings (SSSR count). The first-order chi connectivity index (χ1) is 7.83. The summed E-state index contributed by atoms with van der Waals surface area (Å²) in [7, 11) is 0. The summed E-state index contributed by atoms with van der Waals surface area (Å²) in [6.45, 7) is 8.35. The van der Waals surface area contributed by atoms with Crippen molar-refractivity contribution in [3.8, 4) is 0 Å². The Hall–Kier alpha value is -0.0200. The van der Waals surface area contributed by atoms with Crippen molar-refractivity contribution < 1.29 is 9.90 Å². The third kappa shape index (κ3) is 4.63. The lowest BCUT2D eigenvalue weighted by atomic mass is 9.76. The van der Waals surface area contributed by atoms with Crippen molar-refractivity contribution in [3.05, 3.63) is 0 Å². The summed E-state index contributed by atoms with van der Waals surface area (Å²) in [4.78, 5) is 12.1. The van der Waals surface area contributed by atoms with Gasteiger partial charge in [0.05, 0.1) is 6.10 Å². The molecule has 17 heavy (non-hydrogen) atoms. The van der Waals surface area contributed by atoms with E-state index < -0.39 is 0 Å². The Labute approximate surface area is 110 Å². The fourth-order valence-corrected chi connectivity index (χ4v) is 3.96. The van der Waals surface area contributed by atoms with Crippen LogP contribution in [0.5, 0.6) is 0 Å². The van der Waals surface area contributed by atoms with Crippen molar-refractivity contribution >= 4 is 17.5 Å². The Morgan fingerprint density at radius 2 is 2.12 bits per heavy atom. The summed E-state index contributed by atoms with van der Waals surface area (Å²) in [5.41, 5.74) is 0. The second-order valence-electron chi connectivity index (χ2n) is 6.00. The van der Waals surface area contributed by atoms with E-state index in [2.05, 4.69) is 20.8 Å². The zero-order valence-electron chi connectivity index (χ0n) is 11.5. The lowest BCUT2D eigenvalue weighted by Crippen LogP contribution is -2.38. The van der Waals surface area contributed by atoms with Crippen LogP contribution < -0.4 is 0 Å². The van der Waals surface area contributed by atoms with E-state index in [4.69, 9.17) is 0 Å². The number of carbonyl (C=O) groups excluding carboxylic acids is 1. The first kappa shape index (κ1) is 15.0. The van der Waals surface area contributed by atoms with E-state index in [1.807, 2.05) is 18.7 Å². The SMILES string of the molecule is C[C@@H]1CC[C@@H](C(C)(C)SCC[C@H](C)O)C(=O)C1. The zero-order valence-corrected chi connectivity index (χ0v) is 12.3. The fraction of sp³-hybridized carbons (Fsp3) is 0.929. The van der Waals surface area contributed by atoms with E-state index in [0.29, 0.717) is 11.7 Å². The van der Waals surface area contributed by atoms with Crippen molar-refractivity contribution in [2.24, 2.45) is 11.8 Å². The predicted octanol–water partition coefficient (Wildman–Crippen LogP) is 3.27. The summed E-state index contributed by atoms with van der Waals surface area (Å²) >= 11 is 1.84. The van der Waals surface area contributed by atoms with Gasteiger partial charge >= 0.3 is 0 Å². The molecule has 1 aliphatic carbocycles. The van der Waals surface area contributed by atoms with E-state index >= 15 is 0 Å². The molecule has 0 unspecified atom stereocenters. The van der Waals surface area contributed by atoms with Gasteiger partial charge in [-0.2, -0.15) is 11.8 Å². The first-order valence-corrected chi connectivity index (χ1v) is 7.66. The van der Waals surface area contributed by atoms with Crippen LogP contribution in [-0.2, 0) is 4.79 Å². The number of hydrogen-bond acceptors (Lipinski definition) is 3. The van der Waals surface area contributed by atoms with Gasteiger partial charge in [-0.25, -0.2) is 0 Å². The van der Waals surface area contributed by atoms with Crippen molar-refractivity contribution in [2.75, 3.05) is 5.75 Å². The van der Waals surface area contributed by atoms with Crippen LogP contribution in [0, 0.1) is 11.8 Å². The maximum absolute atomic E-state index is 12.1. The molecular weight excluding hydrogens is 232 g/mol. The first-order valence-electron chi connectivity index (χ1n) is 6.67. The molecule has 0 aromatic carbocycles. The van der Waals surface area contributed by atoms with Crippen molar-refractivity contribution in [2.45, 2.75) is 64.2 Å². The van der Waals surface area contributed by atoms with E-state index in [-0.39, 0.29) is 16.8 Å². The average Bonchev–Trinajstić information content (AvgIpc) is 2.15. The van der Waals surface area contributed by atoms with Gasteiger partial charge < -0.3 is 5.11 Å². The normalized spacial score (nSPS) is 28.2. The van der Waals surface area contributed by atoms with Gasteiger partial charge in [0.25, 0.3) is 0 Å². The minimum atomic E-state index is -0.236. The number of rotatable bonds is 5. The molecule has 0 aromatic rings. The summed E-state index contributed by atoms with van der Waals surface area (Å²) in [6, 6.07) is 0. The van der Waals surface area contributed by atoms with Crippen LogP contribution in [0.15, 0.2) is 0 Å². The van der Waals surface area contributed by atoms with Gasteiger partial charge in [-0.3, -0.25) is 4.79 Å². The third-order valence-corrected chi connectivity index (χ3v) is 5.20. The molecule has 0 radical (unpaired) electrons. The second-order valence-corrected chi connectivity index (χ2v) is 7.74. The van der Waals surface area contributed by atoms with Crippen LogP contribution >= 0.6 is 11.8 Å². The number of aliphatic hydroxyl groups is 1. The summed E-state index contributed by atoms with van der Waals surface area (Å²) in [6.07, 6.45) is 3.54. The molecule has 1 aliphatic rings. The Kier molecular flexibility index (Phi) is 5.52. The molecule has 3 heteroatoms. The Morgan fingerprint density at radius 3 is 2.65 bits per heavy atom. The molecule has 0 bridgehead atoms. The molecule has 100 valence electrons. The van der Waals surface area contributed by atoms with Gasteiger partial charge in [0.1, 0.15) is 5.78 Å². The molecule has 1 saturated carbocycles. The maximum atomic E-state index is 12.1. The van der Waals surface area contributed by atoms with Crippen LogP contribution in [0.2, 0.25) is 0 Å². The number of hydrogen-bond donors (Lipinski definition) is 1. The van der Waals surface area contributed by atoms with Gasteiger partial charge in [0.15, 0.2) is 0 Å². The monoisotopic (exact) mass is 258 g/mol. The number of Topliss-reactive ketones (excluding diaryl/α,β-unsaturated/α-hetero) is 1. The Balaban J connectivity index is 2.48. The minimum absolute atomic E-state index is 0.0200. The van der Waals surface area contributed by atoms with Gasteiger partial charge in [0, 0.05) is 17.1 Å². The van der Waals surface area contributed by atoms with Crippen molar-refractivity contribution in [1.29, 1.82) is 0 Å². The van der Waals surface area contributed by atoms with Gasteiger partial charge in [-0.05, 0) is 51.7 Å². The average molecular weight is 258 g/mol. The molecule has 2 nitrogen and oxygen atoms in total. The minimum Gasteiger partial charge on any atom is -0.393 e. The lowest BCUT2D eigenvalue weighted by molar-refractivity contribution is -0.126. The maximum Gasteiger partial charge on any atom is 0.137 e. The van der Waals surface area contributed by atoms with E-state index in [1.165, 1.54) is 6.42 Å². The smallest absolute Gasteiger partial charge is 0.137 e. The molecule has 0 aromatic heterocycles. The predicted molar refractivity (Wildman–Crippen MR) is 74.3 cm³/mol. The molecule has 1 fully saturated rings. The molecular formula is C14H26O2S. The van der Waals surface area contributed by atoms with Crippen molar-refractivity contribution in [3.63, 3.8) is 0 Å². The van der Waals surface area contributed by atoms with Crippen LogP contribution in [-0.4, -0.2) is 27.5 Å². The number of carbonyl (C=O) groups is 1. The summed E-state index contributed by atoms with van der Waals surface area (Å²) < 4.78 is 0.0200. The summed E-state index contributed by atoms with van der Waals surface area (Å²) in [5, 5.41) is 9.27. The third-order valence-electron chi connectivity index (χ3n) is 3.74. The van der Waals surface area contributed by atoms with E-state index in [0.717, 1.165) is 25.0 Å². The molecule has 1 N–H and O–H groups in total. The molecule has 0 spiro atoms. The highest BCUT2D eigenvalue weighted by Gasteiger charge is 2.38. The quantitative estimate of drug-likeness (QED) is 0.822. The van der Waals surface area contributed by atoms with Crippen molar-refractivity contribution in [1.82, 2.24) is 0 Å². The Bertz CT molecular complexity index is 261. The molecule has 0 saturated heterocycles. The topological polar surface area (TPSA) is 37.3 Å². The number of aliphatic hydroxyl groups excluding tert-OH is 1.